The highest BCUT2D eigenvalue weighted by Crippen LogP contribution is 2.32. The van der Waals surface area contributed by atoms with E-state index in [9.17, 15) is 19.2 Å². The van der Waals surface area contributed by atoms with E-state index in [2.05, 4.69) is 10.2 Å². The lowest BCUT2D eigenvalue weighted by molar-refractivity contribution is -0.144. The van der Waals surface area contributed by atoms with Crippen molar-refractivity contribution in [3.8, 4) is 0 Å². The van der Waals surface area contributed by atoms with Crippen LogP contribution in [0.1, 0.15) is 70.2 Å². The number of Topliss-reactive ketones (excluding diaryl/α,β-unsaturated/α-hetero) is 1. The number of rotatable bonds is 10. The van der Waals surface area contributed by atoms with Crippen molar-refractivity contribution in [3.63, 3.8) is 0 Å². The van der Waals surface area contributed by atoms with Gasteiger partial charge in [-0.1, -0.05) is 27.7 Å². The second-order valence-corrected chi connectivity index (χ2v) is 12.0. The molecule has 1 aromatic carbocycles. The molecule has 0 saturated carbocycles. The summed E-state index contributed by atoms with van der Waals surface area (Å²) in [5, 5.41) is 2.95. The van der Waals surface area contributed by atoms with Crippen molar-refractivity contribution in [2.45, 2.75) is 84.0 Å². The minimum absolute atomic E-state index is 0.0134. The van der Waals surface area contributed by atoms with Crippen LogP contribution in [0, 0.1) is 11.8 Å². The van der Waals surface area contributed by atoms with Crippen molar-refractivity contribution in [2.24, 2.45) is 11.8 Å². The molecule has 0 aliphatic carbocycles. The summed E-state index contributed by atoms with van der Waals surface area (Å²) >= 11 is 0. The van der Waals surface area contributed by atoms with E-state index in [-0.39, 0.29) is 47.9 Å². The molecule has 3 aliphatic heterocycles. The Bertz CT molecular complexity index is 1050. The van der Waals surface area contributed by atoms with Crippen LogP contribution >= 0.6 is 0 Å². The van der Waals surface area contributed by atoms with Crippen molar-refractivity contribution in [1.29, 1.82) is 0 Å². The fraction of sp³-hybridized carbons (Fsp3) is 0.667. The third kappa shape index (κ3) is 6.45. The van der Waals surface area contributed by atoms with Crippen molar-refractivity contribution in [1.82, 2.24) is 15.1 Å². The second-order valence-electron chi connectivity index (χ2n) is 12.0. The lowest BCUT2D eigenvalue weighted by atomic mass is 10.0. The average molecular weight is 541 g/mol. The monoisotopic (exact) mass is 540 g/mol. The van der Waals surface area contributed by atoms with E-state index in [4.69, 9.17) is 4.74 Å². The van der Waals surface area contributed by atoms with Crippen LogP contribution in [-0.2, 0) is 19.1 Å². The molecule has 0 aromatic heterocycles. The minimum atomic E-state index is -0.750. The lowest BCUT2D eigenvalue weighted by Crippen LogP contribution is -2.53. The highest BCUT2D eigenvalue weighted by atomic mass is 16.5. The van der Waals surface area contributed by atoms with E-state index in [1.807, 2.05) is 39.8 Å². The van der Waals surface area contributed by atoms with E-state index in [1.54, 1.807) is 21.9 Å². The first-order chi connectivity index (χ1) is 18.6. The van der Waals surface area contributed by atoms with Crippen LogP contribution in [-0.4, -0.2) is 90.8 Å². The van der Waals surface area contributed by atoms with Crippen LogP contribution in [0.15, 0.2) is 24.3 Å². The molecule has 3 aliphatic rings. The fourth-order valence-corrected chi connectivity index (χ4v) is 6.20. The van der Waals surface area contributed by atoms with Crippen LogP contribution in [0.2, 0.25) is 0 Å². The van der Waals surface area contributed by atoms with Crippen molar-refractivity contribution in [3.05, 3.63) is 29.8 Å². The molecule has 4 rings (SSSR count). The number of amides is 3. The largest absolute Gasteiger partial charge is 0.372 e. The van der Waals surface area contributed by atoms with Gasteiger partial charge < -0.3 is 24.8 Å². The molecule has 0 spiro atoms. The Kier molecular flexibility index (Phi) is 9.31. The number of carbonyl (C=O) groups is 4. The van der Waals surface area contributed by atoms with Crippen molar-refractivity contribution in [2.75, 3.05) is 38.2 Å². The van der Waals surface area contributed by atoms with Crippen molar-refractivity contribution >= 4 is 29.2 Å². The van der Waals surface area contributed by atoms with Gasteiger partial charge in [-0.15, -0.1) is 0 Å². The molecule has 3 amide bonds. The molecule has 1 aromatic rings. The Morgan fingerprint density at radius 3 is 2.15 bits per heavy atom. The summed E-state index contributed by atoms with van der Waals surface area (Å²) in [6, 6.07) is 5.74. The quantitative estimate of drug-likeness (QED) is 0.490. The summed E-state index contributed by atoms with van der Waals surface area (Å²) in [6.45, 7) is 10.5. The average Bonchev–Trinajstić information content (AvgIpc) is 3.65. The predicted molar refractivity (Wildman–Crippen MR) is 149 cm³/mol. The van der Waals surface area contributed by atoms with Gasteiger partial charge in [-0.25, -0.2) is 0 Å². The van der Waals surface area contributed by atoms with Gasteiger partial charge in [0.15, 0.2) is 5.78 Å². The van der Waals surface area contributed by atoms with Crippen LogP contribution in [0.3, 0.4) is 0 Å². The third-order valence-electron chi connectivity index (χ3n) is 8.15. The maximum atomic E-state index is 13.8. The summed E-state index contributed by atoms with van der Waals surface area (Å²) in [4.78, 5) is 58.9. The molecular weight excluding hydrogens is 496 g/mol. The highest BCUT2D eigenvalue weighted by Gasteiger charge is 2.53. The smallest absolute Gasteiger partial charge is 0.252 e. The molecular formula is C30H44N4O5. The van der Waals surface area contributed by atoms with E-state index < -0.39 is 18.2 Å². The summed E-state index contributed by atoms with van der Waals surface area (Å²) in [5.41, 5.74) is 1.60. The number of hydrogen-bond donors (Lipinski definition) is 1. The van der Waals surface area contributed by atoms with E-state index in [0.29, 0.717) is 31.4 Å². The molecule has 3 saturated heterocycles. The predicted octanol–water partition coefficient (Wildman–Crippen LogP) is 2.87. The molecule has 0 radical (unpaired) electrons. The zero-order valence-electron chi connectivity index (χ0n) is 24.0. The third-order valence-corrected chi connectivity index (χ3v) is 8.15. The number of methoxy groups -OCH3 is 1. The number of nitrogens with zero attached hydrogens (tertiary/aromatic N) is 3. The van der Waals surface area contributed by atoms with E-state index in [1.165, 1.54) is 20.0 Å². The summed E-state index contributed by atoms with van der Waals surface area (Å²) in [6.07, 6.45) is 3.32. The Morgan fingerprint density at radius 1 is 0.923 bits per heavy atom. The minimum Gasteiger partial charge on any atom is -0.372 e. The molecule has 3 fully saturated rings. The van der Waals surface area contributed by atoms with E-state index in [0.717, 1.165) is 18.8 Å². The summed E-state index contributed by atoms with van der Waals surface area (Å²) < 4.78 is 5.46. The molecule has 4 unspecified atom stereocenters. The fourth-order valence-electron chi connectivity index (χ4n) is 6.20. The van der Waals surface area contributed by atoms with Gasteiger partial charge in [0.2, 0.25) is 5.91 Å². The molecule has 39 heavy (non-hydrogen) atoms. The molecule has 9 nitrogen and oxygen atoms in total. The number of ketones is 1. The van der Waals surface area contributed by atoms with Gasteiger partial charge in [-0.3, -0.25) is 19.2 Å². The first-order valence-electron chi connectivity index (χ1n) is 14.4. The Labute approximate surface area is 232 Å². The number of anilines is 1. The zero-order valence-corrected chi connectivity index (χ0v) is 24.0. The van der Waals surface area contributed by atoms with Crippen LogP contribution < -0.4 is 10.2 Å². The Morgan fingerprint density at radius 2 is 1.56 bits per heavy atom. The van der Waals surface area contributed by atoms with Gasteiger partial charge >= 0.3 is 0 Å². The number of likely N-dealkylation sites (tertiary alicyclic amines) is 2. The van der Waals surface area contributed by atoms with E-state index >= 15 is 0 Å². The molecule has 4 atom stereocenters. The lowest BCUT2D eigenvalue weighted by Gasteiger charge is -2.30. The van der Waals surface area contributed by atoms with Gasteiger partial charge in [0.05, 0.1) is 12.6 Å². The Balaban J connectivity index is 1.45. The van der Waals surface area contributed by atoms with Crippen LogP contribution in [0.5, 0.6) is 0 Å². The van der Waals surface area contributed by atoms with Gasteiger partial charge in [-0.2, -0.15) is 0 Å². The molecule has 1 N–H and O–H groups in total. The Hall–Kier alpha value is -2.94. The molecule has 3 heterocycles. The normalized spacial score (nSPS) is 22.5. The van der Waals surface area contributed by atoms with Gasteiger partial charge in [-0.05, 0) is 68.2 Å². The van der Waals surface area contributed by atoms with Gasteiger partial charge in [0.1, 0.15) is 18.2 Å². The summed E-state index contributed by atoms with van der Waals surface area (Å²) in [7, 11) is 1.52. The first-order valence-corrected chi connectivity index (χ1v) is 14.4. The molecule has 214 valence electrons. The van der Waals surface area contributed by atoms with Crippen LogP contribution in [0.25, 0.3) is 0 Å². The SMILES string of the molecule is COC(CC(C)C)C(=O)N1CC(=O)C2C1CCN2C(=O)C(CC(C)C)NC(=O)c1ccc(N2CCCC2)cc1. The number of nitrogens with one attached hydrogen (secondary N) is 1. The molecule has 0 bridgehead atoms. The molecule has 9 heteroatoms. The second kappa shape index (κ2) is 12.5. The summed E-state index contributed by atoms with van der Waals surface area (Å²) in [5.74, 6) is -0.454. The maximum absolute atomic E-state index is 13.8. The number of benzene rings is 1. The number of fused-ring (bicyclic) bond motifs is 1. The van der Waals surface area contributed by atoms with Crippen LogP contribution in [0.4, 0.5) is 5.69 Å². The number of hydrogen-bond acceptors (Lipinski definition) is 6. The zero-order chi connectivity index (χ0) is 28.3. The maximum Gasteiger partial charge on any atom is 0.252 e. The van der Waals surface area contributed by atoms with Gasteiger partial charge in [0.25, 0.3) is 11.8 Å². The first kappa shape index (κ1) is 29.1. The number of carbonyl (C=O) groups excluding carboxylic acids is 4. The standard InChI is InChI=1S/C30H44N4O5/c1-19(2)16-23(31-28(36)21-8-10-22(11-9-21)32-13-6-7-14-32)29(37)33-15-12-24-27(33)25(35)18-34(24)30(38)26(39-5)17-20(3)4/h8-11,19-20,23-24,26-27H,6-7,12-18H2,1-5H3,(H,31,36). The topological polar surface area (TPSA) is 99.3 Å². The van der Waals surface area contributed by atoms with Gasteiger partial charge in [0, 0.05) is 38.0 Å². The number of ether oxygens (including phenoxy) is 1. The van der Waals surface area contributed by atoms with Crippen molar-refractivity contribution < 1.29 is 23.9 Å². The highest BCUT2D eigenvalue weighted by molar-refractivity contribution is 6.01.